The van der Waals surface area contributed by atoms with Crippen molar-refractivity contribution in [3.05, 3.63) is 0 Å². The van der Waals surface area contributed by atoms with Crippen molar-refractivity contribution in [3.63, 3.8) is 0 Å². The molecule has 0 aromatic rings. The Morgan fingerprint density at radius 2 is 1.57 bits per heavy atom. The molecule has 0 saturated heterocycles. The van der Waals surface area contributed by atoms with Crippen molar-refractivity contribution in [2.75, 3.05) is 12.5 Å². The number of rotatable bonds is 0. The van der Waals surface area contributed by atoms with Crippen LogP contribution in [0.5, 0.6) is 0 Å². The summed E-state index contributed by atoms with van der Waals surface area (Å²) in [5, 5.41) is 0. The summed E-state index contributed by atoms with van der Waals surface area (Å²) in [6, 6.07) is 0. The normalized spacial score (nSPS) is 7.14. The van der Waals surface area contributed by atoms with Crippen LogP contribution in [0.1, 0.15) is 6.92 Å². The first kappa shape index (κ1) is 10.6. The van der Waals surface area contributed by atoms with Crippen molar-refractivity contribution in [2.45, 2.75) is 6.92 Å². The molecule has 3 heteroatoms. The predicted molar refractivity (Wildman–Crippen MR) is 31.7 cm³/mol. The van der Waals surface area contributed by atoms with E-state index < -0.39 is 10.8 Å². The molecule has 0 unspecified atom stereocenters. The van der Waals surface area contributed by atoms with E-state index >= 15 is 0 Å². The second-order valence-electron chi connectivity index (χ2n) is 0.924. The molecule has 0 fully saturated rings. The Labute approximate surface area is 58.4 Å². The van der Waals surface area contributed by atoms with Crippen LogP contribution >= 0.6 is 0 Å². The molecule has 48 valence electrons. The van der Waals surface area contributed by atoms with Gasteiger partial charge in [0.05, 0.1) is 0 Å². The van der Waals surface area contributed by atoms with Crippen LogP contribution in [-0.2, 0) is 30.2 Å². The minimum atomic E-state index is -0.611. The van der Waals surface area contributed by atoms with Crippen molar-refractivity contribution < 1.29 is 23.6 Å². The SMILES string of the molecule is CS(C)=O.C[CH]=[Pt]. The average molecular weight is 301 g/mol. The van der Waals surface area contributed by atoms with Gasteiger partial charge in [-0.05, 0) is 0 Å². The molecule has 1 nitrogen and oxygen atoms in total. The van der Waals surface area contributed by atoms with E-state index in [-0.39, 0.29) is 0 Å². The molecule has 0 atom stereocenters. The molecular formula is C4H10OPtS. The van der Waals surface area contributed by atoms with Crippen LogP contribution in [0.3, 0.4) is 0 Å². The van der Waals surface area contributed by atoms with Gasteiger partial charge in [0.25, 0.3) is 0 Å². The monoisotopic (exact) mass is 301 g/mol. The van der Waals surface area contributed by atoms with Gasteiger partial charge in [-0.15, -0.1) is 0 Å². The van der Waals surface area contributed by atoms with E-state index in [4.69, 9.17) is 0 Å². The number of hydrogen-bond donors (Lipinski definition) is 0. The second-order valence-corrected chi connectivity index (χ2v) is 3.72. The molecule has 7 heavy (non-hydrogen) atoms. The van der Waals surface area contributed by atoms with Gasteiger partial charge in [-0.3, -0.25) is 4.21 Å². The van der Waals surface area contributed by atoms with E-state index in [0.29, 0.717) is 0 Å². The summed E-state index contributed by atoms with van der Waals surface area (Å²) in [5.41, 5.74) is 0. The third-order valence-electron chi connectivity index (χ3n) is 0. The van der Waals surface area contributed by atoms with E-state index in [2.05, 4.69) is 19.4 Å². The minimum absolute atomic E-state index is 0.611. The fourth-order valence-corrected chi connectivity index (χ4v) is 0. The zero-order chi connectivity index (χ0) is 6.28. The Kier molecular flexibility index (Phi) is 15.0. The van der Waals surface area contributed by atoms with Gasteiger partial charge in [0.15, 0.2) is 0 Å². The summed E-state index contributed by atoms with van der Waals surface area (Å²) < 4.78 is 11.5. The molecular weight excluding hydrogens is 291 g/mol. The summed E-state index contributed by atoms with van der Waals surface area (Å²) in [5.74, 6) is 0. The Hall–Kier alpha value is 0.708. The zero-order valence-electron chi connectivity index (χ0n) is 4.71. The van der Waals surface area contributed by atoms with E-state index in [0.717, 1.165) is 0 Å². The first-order valence-electron chi connectivity index (χ1n) is 1.74. The van der Waals surface area contributed by atoms with Crippen LogP contribution in [0.4, 0.5) is 0 Å². The Bertz CT molecular complexity index is 58.7. The van der Waals surface area contributed by atoms with Crippen molar-refractivity contribution >= 4 is 15.2 Å². The van der Waals surface area contributed by atoms with Crippen LogP contribution in [0.25, 0.3) is 0 Å². The van der Waals surface area contributed by atoms with Crippen LogP contribution in [0.2, 0.25) is 0 Å². The van der Waals surface area contributed by atoms with Gasteiger partial charge in [0.1, 0.15) is 0 Å². The number of hydrogen-bond acceptors (Lipinski definition) is 1. The molecule has 0 aromatic carbocycles. The maximum atomic E-state index is 9.56. The second kappa shape index (κ2) is 9.86. The summed E-state index contributed by atoms with van der Waals surface area (Å²) in [7, 11) is -0.611. The van der Waals surface area contributed by atoms with Gasteiger partial charge in [-0.2, -0.15) is 0 Å². The third-order valence-corrected chi connectivity index (χ3v) is 0. The standard InChI is InChI=1S/C2H6OS.C2H4.Pt/c1-4(2)3;1-2;/h1-2H3;1H,2H3;. The molecule has 0 heterocycles. The molecule has 0 amide bonds. The average Bonchev–Trinajstić information content (AvgIpc) is 1.33. The third kappa shape index (κ3) is 296. The Morgan fingerprint density at radius 1 is 1.57 bits per heavy atom. The first-order valence-corrected chi connectivity index (χ1v) is 5.02. The Morgan fingerprint density at radius 3 is 1.57 bits per heavy atom. The molecule has 0 aromatic heterocycles. The molecule has 0 spiro atoms. The first-order chi connectivity index (χ1) is 3.15. The fraction of sp³-hybridized carbons (Fsp3) is 0.750. The van der Waals surface area contributed by atoms with Crippen molar-refractivity contribution in [2.24, 2.45) is 0 Å². The van der Waals surface area contributed by atoms with Crippen LogP contribution in [0.15, 0.2) is 0 Å². The Balaban J connectivity index is 0. The maximum absolute atomic E-state index is 9.56. The van der Waals surface area contributed by atoms with Crippen molar-refractivity contribution in [1.82, 2.24) is 0 Å². The fourth-order valence-electron chi connectivity index (χ4n) is 0. The van der Waals surface area contributed by atoms with Crippen LogP contribution in [-0.4, -0.2) is 21.1 Å². The molecule has 0 N–H and O–H groups in total. The molecule has 0 bridgehead atoms. The molecule has 0 rings (SSSR count). The van der Waals surface area contributed by atoms with Gasteiger partial charge < -0.3 is 0 Å². The predicted octanol–water partition coefficient (Wildman–Crippen LogP) is 0.350. The molecule has 0 aliphatic rings. The topological polar surface area (TPSA) is 17.1 Å². The van der Waals surface area contributed by atoms with Gasteiger partial charge in [-0.25, -0.2) is 0 Å². The van der Waals surface area contributed by atoms with Crippen molar-refractivity contribution in [3.8, 4) is 0 Å². The van der Waals surface area contributed by atoms with Gasteiger partial charge >= 0.3 is 30.7 Å². The van der Waals surface area contributed by atoms with Gasteiger partial charge in [0.2, 0.25) is 0 Å². The molecule has 0 aliphatic heterocycles. The quantitative estimate of drug-likeness (QED) is 0.631. The summed E-state index contributed by atoms with van der Waals surface area (Å²) in [4.78, 5) is 0. The van der Waals surface area contributed by atoms with E-state index in [1.165, 1.54) is 0 Å². The molecule has 0 radical (unpaired) electrons. The van der Waals surface area contributed by atoms with Gasteiger partial charge in [-0.1, -0.05) is 0 Å². The van der Waals surface area contributed by atoms with E-state index in [1.807, 2.05) is 11.3 Å². The van der Waals surface area contributed by atoms with E-state index in [9.17, 15) is 4.21 Å². The van der Waals surface area contributed by atoms with Crippen LogP contribution in [0, 0.1) is 0 Å². The summed E-state index contributed by atoms with van der Waals surface area (Å²) in [6.07, 6.45) is 3.28. The van der Waals surface area contributed by atoms with E-state index in [1.54, 1.807) is 12.5 Å². The van der Waals surface area contributed by atoms with Gasteiger partial charge in [0, 0.05) is 23.3 Å². The van der Waals surface area contributed by atoms with Crippen LogP contribution < -0.4 is 0 Å². The summed E-state index contributed by atoms with van der Waals surface area (Å²) in [6.45, 7) is 1.99. The zero-order valence-corrected chi connectivity index (χ0v) is 7.80. The molecule has 0 aliphatic carbocycles. The summed E-state index contributed by atoms with van der Waals surface area (Å²) >= 11 is 2.15. The van der Waals surface area contributed by atoms with Crippen molar-refractivity contribution in [1.29, 1.82) is 0 Å². The molecule has 0 saturated carbocycles.